The van der Waals surface area contributed by atoms with Crippen molar-refractivity contribution in [1.82, 2.24) is 25.2 Å². The molecule has 0 saturated heterocycles. The second kappa shape index (κ2) is 10.2. The minimum Gasteiger partial charge on any atom is -0.387 e. The van der Waals surface area contributed by atoms with Crippen LogP contribution in [0.25, 0.3) is 16.9 Å². The zero-order valence-electron chi connectivity index (χ0n) is 21.0. The highest BCUT2D eigenvalue weighted by Gasteiger charge is 2.29. The molecule has 1 unspecified atom stereocenters. The zero-order chi connectivity index (χ0) is 26.0. The Kier molecular flexibility index (Phi) is 7.26. The van der Waals surface area contributed by atoms with E-state index in [0.29, 0.717) is 23.7 Å². The Balaban J connectivity index is 1.55. The number of fused-ring (bicyclic) bond motifs is 1. The van der Waals surface area contributed by atoms with Gasteiger partial charge in [-0.25, -0.2) is 14.4 Å². The Morgan fingerprint density at radius 1 is 1.19 bits per heavy atom. The second-order valence-corrected chi connectivity index (χ2v) is 10.2. The van der Waals surface area contributed by atoms with E-state index in [0.717, 1.165) is 23.8 Å². The van der Waals surface area contributed by atoms with Crippen LogP contribution in [0.1, 0.15) is 56.5 Å². The Labute approximate surface area is 209 Å². The van der Waals surface area contributed by atoms with Crippen LogP contribution in [-0.2, 0) is 11.3 Å². The van der Waals surface area contributed by atoms with E-state index in [2.05, 4.69) is 25.9 Å². The number of hydrogen-bond acceptors (Lipinski definition) is 6. The Morgan fingerprint density at radius 3 is 2.61 bits per heavy atom. The lowest BCUT2D eigenvalue weighted by Gasteiger charge is -2.23. The number of rotatable bonds is 10. The molecule has 4 rings (SSSR count). The SMILES string of the molecule is CC(C)Nc1cc(-n2ccc3cc(CNC(=O)C4CC4)cnc32)ncc1C(=O)NCC(F)C(C)(C)O. The molecule has 3 aromatic rings. The fraction of sp³-hybridized carbons (Fsp3) is 0.462. The molecule has 0 radical (unpaired) electrons. The van der Waals surface area contributed by atoms with Gasteiger partial charge in [0.2, 0.25) is 5.91 Å². The average molecular weight is 497 g/mol. The Bertz CT molecular complexity index is 1260. The lowest BCUT2D eigenvalue weighted by Crippen LogP contribution is -2.42. The third-order valence-corrected chi connectivity index (χ3v) is 6.03. The van der Waals surface area contributed by atoms with Crippen LogP contribution in [0.15, 0.2) is 36.8 Å². The first-order valence-electron chi connectivity index (χ1n) is 12.2. The van der Waals surface area contributed by atoms with Crippen molar-refractivity contribution in [2.75, 3.05) is 11.9 Å². The minimum absolute atomic E-state index is 0.0324. The molecule has 1 saturated carbocycles. The van der Waals surface area contributed by atoms with Gasteiger partial charge in [0.1, 0.15) is 17.6 Å². The van der Waals surface area contributed by atoms with Gasteiger partial charge in [-0.2, -0.15) is 0 Å². The molecule has 9 nitrogen and oxygen atoms in total. The fourth-order valence-corrected chi connectivity index (χ4v) is 3.74. The first-order valence-corrected chi connectivity index (χ1v) is 12.2. The zero-order valence-corrected chi connectivity index (χ0v) is 21.0. The molecule has 36 heavy (non-hydrogen) atoms. The highest BCUT2D eigenvalue weighted by Crippen LogP contribution is 2.29. The van der Waals surface area contributed by atoms with Crippen molar-refractivity contribution >= 4 is 28.5 Å². The number of pyridine rings is 2. The first-order chi connectivity index (χ1) is 17.0. The van der Waals surface area contributed by atoms with Crippen LogP contribution in [-0.4, -0.2) is 55.8 Å². The summed E-state index contributed by atoms with van der Waals surface area (Å²) in [5.41, 5.74) is 0.868. The lowest BCUT2D eigenvalue weighted by atomic mass is 10.0. The van der Waals surface area contributed by atoms with Crippen LogP contribution in [0.3, 0.4) is 0 Å². The number of aliphatic hydroxyl groups is 1. The maximum absolute atomic E-state index is 14.1. The van der Waals surface area contributed by atoms with E-state index in [9.17, 15) is 19.1 Å². The van der Waals surface area contributed by atoms with E-state index in [4.69, 9.17) is 0 Å². The molecule has 1 atom stereocenters. The number of hydrogen-bond donors (Lipinski definition) is 4. The molecule has 1 aliphatic carbocycles. The lowest BCUT2D eigenvalue weighted by molar-refractivity contribution is -0.122. The summed E-state index contributed by atoms with van der Waals surface area (Å²) >= 11 is 0. The fourth-order valence-electron chi connectivity index (χ4n) is 3.74. The van der Waals surface area contributed by atoms with Gasteiger partial charge in [0.05, 0.1) is 23.4 Å². The van der Waals surface area contributed by atoms with E-state index in [1.54, 1.807) is 12.3 Å². The van der Waals surface area contributed by atoms with Gasteiger partial charge in [-0.05, 0) is 58.2 Å². The van der Waals surface area contributed by atoms with Crippen LogP contribution < -0.4 is 16.0 Å². The molecule has 3 aromatic heterocycles. The van der Waals surface area contributed by atoms with Crippen molar-refractivity contribution in [3.63, 3.8) is 0 Å². The molecular formula is C26H33FN6O3. The highest BCUT2D eigenvalue weighted by atomic mass is 19.1. The van der Waals surface area contributed by atoms with E-state index in [1.165, 1.54) is 20.0 Å². The number of carbonyl (C=O) groups excluding carboxylic acids is 2. The molecule has 1 fully saturated rings. The monoisotopic (exact) mass is 496 g/mol. The number of alkyl halides is 1. The molecule has 1 aliphatic rings. The van der Waals surface area contributed by atoms with Crippen LogP contribution in [0.2, 0.25) is 0 Å². The minimum atomic E-state index is -1.61. The van der Waals surface area contributed by atoms with Gasteiger partial charge in [0.15, 0.2) is 0 Å². The van der Waals surface area contributed by atoms with Crippen LogP contribution in [0.4, 0.5) is 10.1 Å². The van der Waals surface area contributed by atoms with E-state index in [1.807, 2.05) is 36.7 Å². The standard InChI is InChI=1S/C26H33FN6O3/c1-15(2)32-20-10-22(28-13-19(20)25(35)31-14-21(27)26(3,4)36)33-8-7-18-9-16(11-29-23(18)33)12-30-24(34)17-5-6-17/h7-11,13,15,17,21,36H,5-6,12,14H2,1-4H3,(H,28,32)(H,30,34)(H,31,35). The van der Waals surface area contributed by atoms with Crippen molar-refractivity contribution < 1.29 is 19.1 Å². The van der Waals surface area contributed by atoms with Crippen molar-refractivity contribution in [1.29, 1.82) is 0 Å². The highest BCUT2D eigenvalue weighted by molar-refractivity contribution is 5.99. The molecule has 192 valence electrons. The van der Waals surface area contributed by atoms with Crippen molar-refractivity contribution in [3.05, 3.63) is 47.9 Å². The Morgan fingerprint density at radius 2 is 1.94 bits per heavy atom. The van der Waals surface area contributed by atoms with Crippen LogP contribution in [0.5, 0.6) is 0 Å². The van der Waals surface area contributed by atoms with Crippen LogP contribution >= 0.6 is 0 Å². The molecule has 0 bridgehead atoms. The van der Waals surface area contributed by atoms with Crippen molar-refractivity contribution in [2.24, 2.45) is 5.92 Å². The molecule has 4 N–H and O–H groups in total. The van der Waals surface area contributed by atoms with Gasteiger partial charge in [-0.3, -0.25) is 14.2 Å². The number of amides is 2. The van der Waals surface area contributed by atoms with Gasteiger partial charge in [-0.15, -0.1) is 0 Å². The predicted molar refractivity (Wildman–Crippen MR) is 136 cm³/mol. The van der Waals surface area contributed by atoms with Gasteiger partial charge >= 0.3 is 0 Å². The average Bonchev–Trinajstić information content (AvgIpc) is 3.59. The van der Waals surface area contributed by atoms with E-state index >= 15 is 0 Å². The molecule has 0 spiro atoms. The predicted octanol–water partition coefficient (Wildman–Crippen LogP) is 3.11. The summed E-state index contributed by atoms with van der Waals surface area (Å²) in [6, 6.07) is 5.69. The molecule has 0 aromatic carbocycles. The van der Waals surface area contributed by atoms with Crippen molar-refractivity contribution in [2.45, 2.75) is 64.9 Å². The maximum atomic E-state index is 14.1. The number of nitrogens with one attached hydrogen (secondary N) is 3. The first kappa shape index (κ1) is 25.6. The smallest absolute Gasteiger partial charge is 0.255 e. The number of anilines is 1. The summed E-state index contributed by atoms with van der Waals surface area (Å²) < 4.78 is 15.9. The summed E-state index contributed by atoms with van der Waals surface area (Å²) in [5, 5.41) is 19.4. The van der Waals surface area contributed by atoms with Gasteiger partial charge < -0.3 is 21.1 Å². The van der Waals surface area contributed by atoms with Gasteiger partial charge in [0, 0.05) is 48.5 Å². The number of aromatic nitrogens is 3. The second-order valence-electron chi connectivity index (χ2n) is 10.2. The quantitative estimate of drug-likeness (QED) is 0.342. The normalized spacial score (nSPS) is 14.6. The van der Waals surface area contributed by atoms with Crippen molar-refractivity contribution in [3.8, 4) is 5.82 Å². The van der Waals surface area contributed by atoms with E-state index < -0.39 is 17.7 Å². The number of nitrogens with zero attached hydrogens (tertiary/aromatic N) is 3. The summed E-state index contributed by atoms with van der Waals surface area (Å²) in [4.78, 5) is 33.8. The Hall–Kier alpha value is -3.53. The summed E-state index contributed by atoms with van der Waals surface area (Å²) in [5.74, 6) is 0.324. The number of carbonyl (C=O) groups is 2. The molecular weight excluding hydrogens is 463 g/mol. The largest absolute Gasteiger partial charge is 0.387 e. The third kappa shape index (κ3) is 5.99. The van der Waals surface area contributed by atoms with Gasteiger partial charge in [0.25, 0.3) is 5.91 Å². The van der Waals surface area contributed by atoms with Gasteiger partial charge in [-0.1, -0.05) is 0 Å². The molecule has 2 amide bonds. The molecule has 0 aliphatic heterocycles. The third-order valence-electron chi connectivity index (χ3n) is 6.03. The maximum Gasteiger partial charge on any atom is 0.255 e. The van der Waals surface area contributed by atoms with E-state index in [-0.39, 0.29) is 30.0 Å². The summed E-state index contributed by atoms with van der Waals surface area (Å²) in [6.07, 6.45) is 5.34. The molecule has 3 heterocycles. The van der Waals surface area contributed by atoms with Crippen LogP contribution in [0, 0.1) is 5.92 Å². The summed E-state index contributed by atoms with van der Waals surface area (Å²) in [7, 11) is 0. The summed E-state index contributed by atoms with van der Waals surface area (Å²) in [6.45, 7) is 6.72. The molecule has 10 heteroatoms. The topological polar surface area (TPSA) is 121 Å². The number of halogens is 1.